The zero-order valence-corrected chi connectivity index (χ0v) is 12.0. The normalized spacial score (nSPS) is 12.2. The van der Waals surface area contributed by atoms with Crippen LogP contribution in [0.1, 0.15) is 28.3 Å². The van der Waals surface area contributed by atoms with Gasteiger partial charge in [0.05, 0.1) is 4.92 Å². The summed E-state index contributed by atoms with van der Waals surface area (Å²) in [6.07, 6.45) is 0.430. The molecule has 1 atom stereocenters. The molecule has 0 saturated heterocycles. The van der Waals surface area contributed by atoms with E-state index >= 15 is 0 Å². The smallest absolute Gasteiger partial charge is 0.270 e. The number of nitro groups is 1. The third-order valence-corrected chi connectivity index (χ3v) is 3.65. The summed E-state index contributed by atoms with van der Waals surface area (Å²) in [5, 5.41) is 11.0. The molecule has 4 nitrogen and oxygen atoms in total. The Bertz CT molecular complexity index is 686. The Labute approximate surface area is 122 Å². The van der Waals surface area contributed by atoms with Gasteiger partial charge in [0, 0.05) is 18.2 Å². The lowest BCUT2D eigenvalue weighted by Crippen LogP contribution is -2.15. The Kier molecular flexibility index (Phi) is 4.33. The van der Waals surface area contributed by atoms with Crippen LogP contribution in [0.5, 0.6) is 0 Å². The van der Waals surface area contributed by atoms with Crippen LogP contribution in [-0.2, 0) is 6.42 Å². The number of aryl methyl sites for hydroxylation is 1. The molecule has 1 unspecified atom stereocenters. The second-order valence-corrected chi connectivity index (χ2v) is 5.17. The molecule has 0 bridgehead atoms. The summed E-state index contributed by atoms with van der Waals surface area (Å²) in [4.78, 5) is 10.5. The van der Waals surface area contributed by atoms with Crippen LogP contribution in [0, 0.1) is 29.8 Å². The monoisotopic (exact) mass is 288 g/mol. The predicted octanol–water partition coefficient (Wildman–Crippen LogP) is 3.59. The Morgan fingerprint density at radius 2 is 2.00 bits per heavy atom. The molecule has 0 aromatic heterocycles. The van der Waals surface area contributed by atoms with Crippen molar-refractivity contribution < 1.29 is 9.31 Å². The second kappa shape index (κ2) is 6.01. The van der Waals surface area contributed by atoms with Crippen molar-refractivity contribution in [2.24, 2.45) is 5.73 Å². The highest BCUT2D eigenvalue weighted by molar-refractivity contribution is 5.46. The number of halogens is 1. The molecule has 0 saturated carbocycles. The standard InChI is InChI=1S/C16H17FN2O2/c1-10-6-14(19(20)21)9-15(11(10)2)16(18)8-12-4-3-5-13(17)7-12/h3-7,9,16H,8,18H2,1-2H3. The van der Waals surface area contributed by atoms with E-state index in [1.807, 2.05) is 13.8 Å². The first-order valence-corrected chi connectivity index (χ1v) is 6.64. The Morgan fingerprint density at radius 1 is 1.29 bits per heavy atom. The Morgan fingerprint density at radius 3 is 2.62 bits per heavy atom. The molecule has 5 heteroatoms. The van der Waals surface area contributed by atoms with E-state index in [0.29, 0.717) is 6.42 Å². The van der Waals surface area contributed by atoms with Gasteiger partial charge in [-0.3, -0.25) is 10.1 Å². The van der Waals surface area contributed by atoms with Gasteiger partial charge in [0.25, 0.3) is 5.69 Å². The average molecular weight is 288 g/mol. The van der Waals surface area contributed by atoms with Crippen molar-refractivity contribution in [3.05, 3.63) is 74.6 Å². The molecule has 2 rings (SSSR count). The summed E-state index contributed by atoms with van der Waals surface area (Å²) in [7, 11) is 0. The van der Waals surface area contributed by atoms with E-state index in [2.05, 4.69) is 0 Å². The first kappa shape index (κ1) is 15.1. The number of nitrogens with zero attached hydrogens (tertiary/aromatic N) is 1. The average Bonchev–Trinajstić information content (AvgIpc) is 2.41. The highest BCUT2D eigenvalue weighted by Crippen LogP contribution is 2.27. The van der Waals surface area contributed by atoms with Crippen LogP contribution < -0.4 is 5.73 Å². The first-order chi connectivity index (χ1) is 9.88. The van der Waals surface area contributed by atoms with Crippen LogP contribution in [-0.4, -0.2) is 4.92 Å². The van der Waals surface area contributed by atoms with Crippen LogP contribution in [0.15, 0.2) is 36.4 Å². The van der Waals surface area contributed by atoms with Gasteiger partial charge in [0.15, 0.2) is 0 Å². The zero-order valence-electron chi connectivity index (χ0n) is 12.0. The Hall–Kier alpha value is -2.27. The summed E-state index contributed by atoms with van der Waals surface area (Å²) in [6.45, 7) is 3.71. The topological polar surface area (TPSA) is 69.2 Å². The van der Waals surface area contributed by atoms with Gasteiger partial charge < -0.3 is 5.73 Å². The SMILES string of the molecule is Cc1cc([N+](=O)[O-])cc(C(N)Cc2cccc(F)c2)c1C. The fourth-order valence-electron chi connectivity index (χ4n) is 2.39. The molecule has 2 aromatic carbocycles. The lowest BCUT2D eigenvalue weighted by atomic mass is 9.93. The van der Waals surface area contributed by atoms with Crippen molar-refractivity contribution in [3.8, 4) is 0 Å². The molecule has 2 aromatic rings. The lowest BCUT2D eigenvalue weighted by molar-refractivity contribution is -0.385. The van der Waals surface area contributed by atoms with E-state index in [0.717, 1.165) is 22.3 Å². The summed E-state index contributed by atoms with van der Waals surface area (Å²) in [5.41, 5.74) is 9.46. The minimum absolute atomic E-state index is 0.0304. The minimum Gasteiger partial charge on any atom is -0.324 e. The molecule has 0 fully saturated rings. The van der Waals surface area contributed by atoms with Crippen LogP contribution in [0.3, 0.4) is 0 Å². The number of nitro benzene ring substituents is 1. The minimum atomic E-state index is -0.426. The van der Waals surface area contributed by atoms with E-state index in [1.54, 1.807) is 12.1 Å². The maximum atomic E-state index is 13.2. The largest absolute Gasteiger partial charge is 0.324 e. The molecule has 110 valence electrons. The molecule has 0 aliphatic carbocycles. The van der Waals surface area contributed by atoms with Gasteiger partial charge in [-0.25, -0.2) is 4.39 Å². The molecule has 0 aliphatic rings. The highest BCUT2D eigenvalue weighted by Gasteiger charge is 2.17. The summed E-state index contributed by atoms with van der Waals surface area (Å²) in [5.74, 6) is -0.313. The van der Waals surface area contributed by atoms with Crippen molar-refractivity contribution in [2.45, 2.75) is 26.3 Å². The molecule has 0 amide bonds. The molecular formula is C16H17FN2O2. The third kappa shape index (κ3) is 3.44. The van der Waals surface area contributed by atoms with Crippen molar-refractivity contribution in [2.75, 3.05) is 0 Å². The summed E-state index contributed by atoms with van der Waals surface area (Å²) < 4.78 is 13.2. The van der Waals surface area contributed by atoms with E-state index in [-0.39, 0.29) is 11.5 Å². The zero-order chi connectivity index (χ0) is 15.6. The number of non-ortho nitro benzene ring substituents is 1. The molecule has 2 N–H and O–H groups in total. The molecular weight excluding hydrogens is 271 g/mol. The Balaban J connectivity index is 2.34. The maximum Gasteiger partial charge on any atom is 0.270 e. The van der Waals surface area contributed by atoms with Gasteiger partial charge >= 0.3 is 0 Å². The van der Waals surface area contributed by atoms with Crippen molar-refractivity contribution in [1.29, 1.82) is 0 Å². The van der Waals surface area contributed by atoms with Crippen molar-refractivity contribution >= 4 is 5.69 Å². The van der Waals surface area contributed by atoms with Gasteiger partial charge in [0.2, 0.25) is 0 Å². The van der Waals surface area contributed by atoms with Gasteiger partial charge in [0.1, 0.15) is 5.82 Å². The van der Waals surface area contributed by atoms with Crippen LogP contribution in [0.2, 0.25) is 0 Å². The van der Waals surface area contributed by atoms with Crippen molar-refractivity contribution in [3.63, 3.8) is 0 Å². The number of rotatable bonds is 4. The molecule has 0 aliphatic heterocycles. The third-order valence-electron chi connectivity index (χ3n) is 3.65. The molecule has 0 heterocycles. The summed E-state index contributed by atoms with van der Waals surface area (Å²) >= 11 is 0. The second-order valence-electron chi connectivity index (χ2n) is 5.17. The number of nitrogens with two attached hydrogens (primary N) is 1. The number of benzene rings is 2. The summed E-state index contributed by atoms with van der Waals surface area (Å²) in [6, 6.07) is 8.85. The van der Waals surface area contributed by atoms with Gasteiger partial charge in [-0.1, -0.05) is 12.1 Å². The fourth-order valence-corrected chi connectivity index (χ4v) is 2.39. The molecule has 0 radical (unpaired) electrons. The maximum absolute atomic E-state index is 13.2. The highest BCUT2D eigenvalue weighted by atomic mass is 19.1. The fraction of sp³-hybridized carbons (Fsp3) is 0.250. The van der Waals surface area contributed by atoms with E-state index < -0.39 is 11.0 Å². The number of hydrogen-bond donors (Lipinski definition) is 1. The quantitative estimate of drug-likeness (QED) is 0.690. The molecule has 0 spiro atoms. The predicted molar refractivity (Wildman–Crippen MR) is 79.6 cm³/mol. The first-order valence-electron chi connectivity index (χ1n) is 6.64. The van der Waals surface area contributed by atoms with Gasteiger partial charge in [-0.05, 0) is 54.7 Å². The van der Waals surface area contributed by atoms with Gasteiger partial charge in [-0.2, -0.15) is 0 Å². The van der Waals surface area contributed by atoms with Gasteiger partial charge in [-0.15, -0.1) is 0 Å². The van der Waals surface area contributed by atoms with Crippen LogP contribution >= 0.6 is 0 Å². The van der Waals surface area contributed by atoms with Crippen LogP contribution in [0.25, 0.3) is 0 Å². The van der Waals surface area contributed by atoms with E-state index in [4.69, 9.17) is 5.73 Å². The van der Waals surface area contributed by atoms with E-state index in [1.165, 1.54) is 24.3 Å². The van der Waals surface area contributed by atoms with Crippen LogP contribution in [0.4, 0.5) is 10.1 Å². The number of hydrogen-bond acceptors (Lipinski definition) is 3. The lowest BCUT2D eigenvalue weighted by Gasteiger charge is -2.16. The van der Waals surface area contributed by atoms with E-state index in [9.17, 15) is 14.5 Å². The van der Waals surface area contributed by atoms with Crippen molar-refractivity contribution in [1.82, 2.24) is 0 Å². The molecule has 21 heavy (non-hydrogen) atoms.